The number of hydrogen-bond acceptors (Lipinski definition) is 2. The lowest BCUT2D eigenvalue weighted by atomic mass is 10.1. The first-order valence-electron chi connectivity index (χ1n) is 5.01. The predicted octanol–water partition coefficient (Wildman–Crippen LogP) is 2.90. The second-order valence-corrected chi connectivity index (χ2v) is 3.70. The molecule has 0 radical (unpaired) electrons. The summed E-state index contributed by atoms with van der Waals surface area (Å²) in [5, 5.41) is 0. The van der Waals surface area contributed by atoms with Crippen LogP contribution in [0.5, 0.6) is 0 Å². The normalized spacial score (nSPS) is 10.1. The molecular weight excluding hydrogens is 188 g/mol. The molecule has 1 aromatic rings. The Bertz CT molecular complexity index is 339. The number of ether oxygens (including phenoxy) is 1. The van der Waals surface area contributed by atoms with Crippen LogP contribution in [0.15, 0.2) is 36.9 Å². The summed E-state index contributed by atoms with van der Waals surface area (Å²) in [5.41, 5.74) is 0.911. The summed E-state index contributed by atoms with van der Waals surface area (Å²) in [6, 6.07) is 9.56. The first-order chi connectivity index (χ1) is 7.11. The number of carbonyl (C=O) groups excluding carboxylic acids is 1. The highest BCUT2D eigenvalue weighted by Gasteiger charge is 2.08. The van der Waals surface area contributed by atoms with Crippen molar-refractivity contribution in [2.24, 2.45) is 5.92 Å². The number of rotatable bonds is 5. The second kappa shape index (κ2) is 5.35. The van der Waals surface area contributed by atoms with Gasteiger partial charge in [0, 0.05) is 11.5 Å². The second-order valence-electron chi connectivity index (χ2n) is 3.70. The maximum atomic E-state index is 11.3. The monoisotopic (exact) mass is 204 g/mol. The van der Waals surface area contributed by atoms with Gasteiger partial charge in [-0.1, -0.05) is 50.8 Å². The fourth-order valence-corrected chi connectivity index (χ4v) is 1.03. The molecule has 1 rings (SSSR count). The summed E-state index contributed by atoms with van der Waals surface area (Å²) in [6.07, 6.45) is 0. The first-order valence-corrected chi connectivity index (χ1v) is 5.01. The molecule has 15 heavy (non-hydrogen) atoms. The van der Waals surface area contributed by atoms with Crippen molar-refractivity contribution in [3.05, 3.63) is 42.5 Å². The topological polar surface area (TPSA) is 26.3 Å². The van der Waals surface area contributed by atoms with Gasteiger partial charge < -0.3 is 4.74 Å². The quantitative estimate of drug-likeness (QED) is 0.689. The van der Waals surface area contributed by atoms with Gasteiger partial charge in [0.05, 0.1) is 0 Å². The van der Waals surface area contributed by atoms with Gasteiger partial charge in [0.1, 0.15) is 12.4 Å². The molecule has 0 N–H and O–H groups in total. The van der Waals surface area contributed by atoms with Crippen molar-refractivity contribution in [3.8, 4) is 0 Å². The van der Waals surface area contributed by atoms with Gasteiger partial charge in [-0.25, -0.2) is 0 Å². The molecule has 0 atom stereocenters. The molecule has 0 saturated carbocycles. The summed E-state index contributed by atoms with van der Waals surface area (Å²) < 4.78 is 5.31. The summed E-state index contributed by atoms with van der Waals surface area (Å²) in [4.78, 5) is 11.3. The summed E-state index contributed by atoms with van der Waals surface area (Å²) in [5.74, 6) is 0.644. The van der Waals surface area contributed by atoms with Gasteiger partial charge in [-0.05, 0) is 0 Å². The summed E-state index contributed by atoms with van der Waals surface area (Å²) in [7, 11) is 0. The lowest BCUT2D eigenvalue weighted by Crippen LogP contribution is -2.14. The largest absolute Gasteiger partial charge is 0.486 e. The number of benzene rings is 1. The zero-order valence-corrected chi connectivity index (χ0v) is 9.19. The molecular formula is C13H16O2. The van der Waals surface area contributed by atoms with Gasteiger partial charge in [-0.15, -0.1) is 0 Å². The number of hydrogen-bond donors (Lipinski definition) is 0. The van der Waals surface area contributed by atoms with E-state index in [0.29, 0.717) is 5.76 Å². The van der Waals surface area contributed by atoms with E-state index in [-0.39, 0.29) is 18.3 Å². The van der Waals surface area contributed by atoms with Crippen molar-refractivity contribution in [3.63, 3.8) is 0 Å². The molecule has 2 heteroatoms. The van der Waals surface area contributed by atoms with Crippen LogP contribution in [0.2, 0.25) is 0 Å². The van der Waals surface area contributed by atoms with Crippen LogP contribution in [-0.2, 0) is 9.53 Å². The van der Waals surface area contributed by atoms with E-state index < -0.39 is 0 Å². The minimum Gasteiger partial charge on any atom is -0.486 e. The van der Waals surface area contributed by atoms with Gasteiger partial charge in [-0.3, -0.25) is 4.79 Å². The minimum atomic E-state index is 0.00794. The zero-order valence-electron chi connectivity index (χ0n) is 9.19. The van der Waals surface area contributed by atoms with Crippen molar-refractivity contribution in [2.75, 3.05) is 6.61 Å². The zero-order chi connectivity index (χ0) is 11.3. The predicted molar refractivity (Wildman–Crippen MR) is 61.3 cm³/mol. The lowest BCUT2D eigenvalue weighted by Gasteiger charge is -2.09. The average Bonchev–Trinajstić information content (AvgIpc) is 2.26. The Hall–Kier alpha value is -1.57. The van der Waals surface area contributed by atoms with E-state index >= 15 is 0 Å². The van der Waals surface area contributed by atoms with Gasteiger partial charge in [0.15, 0.2) is 5.78 Å². The van der Waals surface area contributed by atoms with Crippen LogP contribution in [0.3, 0.4) is 0 Å². The van der Waals surface area contributed by atoms with Crippen LogP contribution in [0.25, 0.3) is 5.76 Å². The molecule has 0 saturated heterocycles. The van der Waals surface area contributed by atoms with Crippen molar-refractivity contribution in [1.29, 1.82) is 0 Å². The van der Waals surface area contributed by atoms with E-state index in [2.05, 4.69) is 6.58 Å². The lowest BCUT2D eigenvalue weighted by molar-refractivity contribution is -0.124. The average molecular weight is 204 g/mol. The molecule has 0 unspecified atom stereocenters. The van der Waals surface area contributed by atoms with Gasteiger partial charge in [0.25, 0.3) is 0 Å². The Kier molecular flexibility index (Phi) is 4.10. The summed E-state index contributed by atoms with van der Waals surface area (Å²) in [6.45, 7) is 7.60. The van der Waals surface area contributed by atoms with Crippen LogP contribution >= 0.6 is 0 Å². The third-order valence-corrected chi connectivity index (χ3v) is 2.13. The smallest absolute Gasteiger partial charge is 0.172 e. The van der Waals surface area contributed by atoms with Gasteiger partial charge >= 0.3 is 0 Å². The Morgan fingerprint density at radius 3 is 2.47 bits per heavy atom. The minimum absolute atomic E-state index is 0.00794. The Morgan fingerprint density at radius 2 is 1.93 bits per heavy atom. The molecule has 0 aromatic heterocycles. The van der Waals surface area contributed by atoms with Crippen LogP contribution in [0.4, 0.5) is 0 Å². The molecule has 0 spiro atoms. The van der Waals surface area contributed by atoms with Crippen molar-refractivity contribution in [1.82, 2.24) is 0 Å². The van der Waals surface area contributed by atoms with Crippen LogP contribution < -0.4 is 0 Å². The Morgan fingerprint density at radius 1 is 1.33 bits per heavy atom. The van der Waals surface area contributed by atoms with E-state index in [1.54, 1.807) is 0 Å². The molecule has 0 fully saturated rings. The molecule has 0 aliphatic heterocycles. The van der Waals surface area contributed by atoms with E-state index in [1.807, 2.05) is 44.2 Å². The number of carbonyl (C=O) groups is 1. The number of Topliss-reactive ketones (excluding diaryl/α,β-unsaturated/α-hetero) is 1. The standard InChI is InChI=1S/C13H16O2/c1-10(2)13(14)9-15-11(3)12-7-5-4-6-8-12/h4-8,10H,3,9H2,1-2H3. The molecule has 0 aliphatic rings. The first kappa shape index (κ1) is 11.5. The van der Waals surface area contributed by atoms with Gasteiger partial charge in [-0.2, -0.15) is 0 Å². The van der Waals surface area contributed by atoms with Crippen molar-refractivity contribution >= 4 is 11.5 Å². The Balaban J connectivity index is 2.48. The third kappa shape index (κ3) is 3.58. The van der Waals surface area contributed by atoms with E-state index in [0.717, 1.165) is 5.56 Å². The molecule has 2 nitrogen and oxygen atoms in total. The molecule has 0 amide bonds. The van der Waals surface area contributed by atoms with Crippen LogP contribution in [0, 0.1) is 5.92 Å². The molecule has 0 bridgehead atoms. The molecule has 1 aromatic carbocycles. The Labute approximate surface area is 90.6 Å². The fourth-order valence-electron chi connectivity index (χ4n) is 1.03. The fraction of sp³-hybridized carbons (Fsp3) is 0.308. The van der Waals surface area contributed by atoms with Crippen LogP contribution in [-0.4, -0.2) is 12.4 Å². The van der Waals surface area contributed by atoms with Crippen LogP contribution in [0.1, 0.15) is 19.4 Å². The number of ketones is 1. The molecule has 80 valence electrons. The SMILES string of the molecule is C=C(OCC(=O)C(C)C)c1ccccc1. The highest BCUT2D eigenvalue weighted by atomic mass is 16.5. The highest BCUT2D eigenvalue weighted by Crippen LogP contribution is 2.13. The summed E-state index contributed by atoms with van der Waals surface area (Å²) >= 11 is 0. The van der Waals surface area contributed by atoms with E-state index in [9.17, 15) is 4.79 Å². The van der Waals surface area contributed by atoms with Crippen molar-refractivity contribution in [2.45, 2.75) is 13.8 Å². The third-order valence-electron chi connectivity index (χ3n) is 2.13. The molecule has 0 heterocycles. The highest BCUT2D eigenvalue weighted by molar-refractivity contribution is 5.82. The maximum absolute atomic E-state index is 11.3. The van der Waals surface area contributed by atoms with E-state index in [1.165, 1.54) is 0 Å². The van der Waals surface area contributed by atoms with E-state index in [4.69, 9.17) is 4.74 Å². The maximum Gasteiger partial charge on any atom is 0.172 e. The van der Waals surface area contributed by atoms with Crippen molar-refractivity contribution < 1.29 is 9.53 Å². The van der Waals surface area contributed by atoms with Gasteiger partial charge in [0.2, 0.25) is 0 Å². The molecule has 0 aliphatic carbocycles.